The first-order valence-electron chi connectivity index (χ1n) is 9.17. The van der Waals surface area contributed by atoms with E-state index in [0.717, 1.165) is 59.6 Å². The van der Waals surface area contributed by atoms with Crippen LogP contribution in [0.25, 0.3) is 6.08 Å². The molecule has 0 saturated heterocycles. The van der Waals surface area contributed by atoms with Crippen LogP contribution >= 0.6 is 0 Å². The van der Waals surface area contributed by atoms with Gasteiger partial charge in [0.15, 0.2) is 0 Å². The van der Waals surface area contributed by atoms with Crippen LogP contribution in [-0.4, -0.2) is 0 Å². The molecule has 0 nitrogen and oxygen atoms in total. The molecule has 138 valence electrons. The highest BCUT2D eigenvalue weighted by atomic mass is 19.3. The van der Waals surface area contributed by atoms with Crippen LogP contribution in [0.4, 0.5) is 13.2 Å². The quantitative estimate of drug-likeness (QED) is 0.529. The van der Waals surface area contributed by atoms with Crippen molar-refractivity contribution in [1.29, 1.82) is 0 Å². The van der Waals surface area contributed by atoms with E-state index in [4.69, 9.17) is 0 Å². The van der Waals surface area contributed by atoms with Crippen LogP contribution in [0.5, 0.6) is 0 Å². The first-order valence-corrected chi connectivity index (χ1v) is 9.17. The van der Waals surface area contributed by atoms with Crippen LogP contribution in [-0.2, 0) is 0 Å². The van der Waals surface area contributed by atoms with E-state index < -0.39 is 6.08 Å². The third kappa shape index (κ3) is 4.56. The van der Waals surface area contributed by atoms with Crippen molar-refractivity contribution < 1.29 is 13.2 Å². The minimum absolute atomic E-state index is 0.0986. The summed E-state index contributed by atoms with van der Waals surface area (Å²) in [6, 6.07) is 0. The van der Waals surface area contributed by atoms with E-state index in [-0.39, 0.29) is 5.82 Å². The summed E-state index contributed by atoms with van der Waals surface area (Å²) in [5.41, 5.74) is 5.94. The van der Waals surface area contributed by atoms with Gasteiger partial charge in [0.2, 0.25) is 0 Å². The van der Waals surface area contributed by atoms with Crippen molar-refractivity contribution in [2.24, 2.45) is 11.8 Å². The van der Waals surface area contributed by atoms with E-state index in [0.29, 0.717) is 18.3 Å². The second kappa shape index (κ2) is 8.25. The predicted molar refractivity (Wildman–Crippen MR) is 99.4 cm³/mol. The van der Waals surface area contributed by atoms with Crippen molar-refractivity contribution >= 4 is 6.08 Å². The van der Waals surface area contributed by atoms with Crippen LogP contribution in [0.15, 0.2) is 17.7 Å². The molecule has 0 spiro atoms. The SMILES string of the molecule is C/C(=C\c1c(C)c(C)c(F)c(C)c1C)C1CCC(CC=C(F)F)CC1. The van der Waals surface area contributed by atoms with E-state index in [1.165, 1.54) is 5.57 Å². The van der Waals surface area contributed by atoms with Crippen LogP contribution in [0.3, 0.4) is 0 Å². The second-order valence-corrected chi connectivity index (χ2v) is 7.56. The molecule has 0 unspecified atom stereocenters. The lowest BCUT2D eigenvalue weighted by atomic mass is 9.77. The zero-order chi connectivity index (χ0) is 18.7. The highest BCUT2D eigenvalue weighted by molar-refractivity contribution is 5.63. The maximum absolute atomic E-state index is 14.2. The molecule has 1 aromatic rings. The molecule has 0 amide bonds. The number of halogens is 3. The Morgan fingerprint density at radius 3 is 1.92 bits per heavy atom. The summed E-state index contributed by atoms with van der Waals surface area (Å²) < 4.78 is 38.7. The monoisotopic (exact) mass is 350 g/mol. The van der Waals surface area contributed by atoms with Crippen molar-refractivity contribution in [3.63, 3.8) is 0 Å². The first kappa shape index (κ1) is 19.8. The van der Waals surface area contributed by atoms with Crippen molar-refractivity contribution in [3.8, 4) is 0 Å². The van der Waals surface area contributed by atoms with Gasteiger partial charge in [0.25, 0.3) is 6.08 Å². The minimum atomic E-state index is -1.56. The molecule has 1 saturated carbocycles. The summed E-state index contributed by atoms with van der Waals surface area (Å²) in [5.74, 6) is 0.780. The fourth-order valence-electron chi connectivity index (χ4n) is 3.97. The van der Waals surface area contributed by atoms with Gasteiger partial charge in [-0.2, -0.15) is 8.78 Å². The maximum atomic E-state index is 14.2. The van der Waals surface area contributed by atoms with Crippen molar-refractivity contribution in [2.45, 2.75) is 66.7 Å². The number of rotatable bonds is 4. The van der Waals surface area contributed by atoms with Gasteiger partial charge in [0.05, 0.1) is 0 Å². The molecule has 0 aromatic heterocycles. The Labute approximate surface area is 149 Å². The molecule has 25 heavy (non-hydrogen) atoms. The zero-order valence-corrected chi connectivity index (χ0v) is 16.0. The molecule has 1 fully saturated rings. The zero-order valence-electron chi connectivity index (χ0n) is 16.0. The predicted octanol–water partition coefficient (Wildman–Crippen LogP) is 7.44. The van der Waals surface area contributed by atoms with Crippen molar-refractivity contribution in [2.75, 3.05) is 0 Å². The molecule has 0 radical (unpaired) electrons. The lowest BCUT2D eigenvalue weighted by Gasteiger charge is -2.29. The van der Waals surface area contributed by atoms with Crippen LogP contribution in [0.2, 0.25) is 0 Å². The molecule has 0 heterocycles. The second-order valence-electron chi connectivity index (χ2n) is 7.56. The van der Waals surface area contributed by atoms with Gasteiger partial charge in [-0.15, -0.1) is 0 Å². The van der Waals surface area contributed by atoms with E-state index in [9.17, 15) is 13.2 Å². The number of hydrogen-bond donors (Lipinski definition) is 0. The summed E-state index contributed by atoms with van der Waals surface area (Å²) in [6.45, 7) is 9.80. The van der Waals surface area contributed by atoms with Crippen LogP contribution < -0.4 is 0 Å². The molecule has 0 bridgehead atoms. The van der Waals surface area contributed by atoms with E-state index in [2.05, 4.69) is 13.0 Å². The van der Waals surface area contributed by atoms with Gasteiger partial charge >= 0.3 is 0 Å². The molecule has 3 heteroatoms. The average Bonchev–Trinajstić information content (AvgIpc) is 2.60. The van der Waals surface area contributed by atoms with Crippen LogP contribution in [0, 0.1) is 45.3 Å². The summed E-state index contributed by atoms with van der Waals surface area (Å²) in [7, 11) is 0. The van der Waals surface area contributed by atoms with Gasteiger partial charge < -0.3 is 0 Å². The molecular weight excluding hydrogens is 321 g/mol. The van der Waals surface area contributed by atoms with E-state index in [1.807, 2.05) is 27.7 Å². The van der Waals surface area contributed by atoms with Gasteiger partial charge in [0.1, 0.15) is 5.82 Å². The van der Waals surface area contributed by atoms with Crippen LogP contribution in [0.1, 0.15) is 66.8 Å². The normalized spacial score (nSPS) is 21.4. The molecule has 0 N–H and O–H groups in total. The third-order valence-electron chi connectivity index (χ3n) is 6.06. The van der Waals surface area contributed by atoms with E-state index in [1.54, 1.807) is 0 Å². The highest BCUT2D eigenvalue weighted by Gasteiger charge is 2.22. The number of benzene rings is 1. The summed E-state index contributed by atoms with van der Waals surface area (Å²) in [5, 5.41) is 0. The Kier molecular flexibility index (Phi) is 6.53. The molecular formula is C22H29F3. The average molecular weight is 350 g/mol. The standard InChI is InChI=1S/C22H29F3/c1-13(19-9-6-18(7-10-19)8-11-21(23)24)12-20-14(2)16(4)22(25)17(5)15(20)3/h11-12,18-19H,6-10H2,1-5H3/b13-12+. The summed E-state index contributed by atoms with van der Waals surface area (Å²) >= 11 is 0. The minimum Gasteiger partial charge on any atom is -0.206 e. The van der Waals surface area contributed by atoms with Gasteiger partial charge in [-0.1, -0.05) is 11.6 Å². The Bertz CT molecular complexity index is 657. The Balaban J connectivity index is 2.15. The molecule has 0 atom stereocenters. The molecule has 2 rings (SSSR count). The highest BCUT2D eigenvalue weighted by Crippen LogP contribution is 2.37. The van der Waals surface area contributed by atoms with Crippen molar-refractivity contribution in [3.05, 3.63) is 51.4 Å². The Hall–Kier alpha value is -1.51. The molecule has 1 aliphatic carbocycles. The summed E-state index contributed by atoms with van der Waals surface area (Å²) in [4.78, 5) is 0. The Morgan fingerprint density at radius 2 is 1.44 bits per heavy atom. The molecule has 1 aromatic carbocycles. The smallest absolute Gasteiger partial charge is 0.206 e. The topological polar surface area (TPSA) is 0 Å². The number of allylic oxidation sites excluding steroid dienone is 2. The first-order chi connectivity index (χ1) is 11.7. The van der Waals surface area contributed by atoms with Crippen molar-refractivity contribution in [1.82, 2.24) is 0 Å². The fourth-order valence-corrected chi connectivity index (χ4v) is 3.97. The van der Waals surface area contributed by atoms with Gasteiger partial charge in [-0.3, -0.25) is 0 Å². The van der Waals surface area contributed by atoms with Gasteiger partial charge in [-0.05, 0) is 112 Å². The largest absolute Gasteiger partial charge is 0.266 e. The number of hydrogen-bond acceptors (Lipinski definition) is 0. The van der Waals surface area contributed by atoms with Gasteiger partial charge in [-0.25, -0.2) is 4.39 Å². The lowest BCUT2D eigenvalue weighted by Crippen LogP contribution is -2.15. The summed E-state index contributed by atoms with van der Waals surface area (Å²) in [6.07, 6.45) is 6.30. The lowest BCUT2D eigenvalue weighted by molar-refractivity contribution is 0.300. The fraction of sp³-hybridized carbons (Fsp3) is 0.545. The molecule has 1 aliphatic rings. The maximum Gasteiger partial charge on any atom is 0.266 e. The third-order valence-corrected chi connectivity index (χ3v) is 6.06. The Morgan fingerprint density at radius 1 is 0.920 bits per heavy atom. The van der Waals surface area contributed by atoms with Gasteiger partial charge in [0, 0.05) is 0 Å². The van der Waals surface area contributed by atoms with E-state index >= 15 is 0 Å². The molecule has 0 aliphatic heterocycles.